The number of hydrogen-bond acceptors (Lipinski definition) is 2. The Hall–Kier alpha value is -1.55. The molecule has 0 radical (unpaired) electrons. The van der Waals surface area contributed by atoms with Crippen molar-refractivity contribution in [3.63, 3.8) is 0 Å². The summed E-state index contributed by atoms with van der Waals surface area (Å²) in [7, 11) is 0. The first-order valence-electron chi connectivity index (χ1n) is 8.22. The predicted molar refractivity (Wildman–Crippen MR) is 88.8 cm³/mol. The minimum absolute atomic E-state index is 0.0866. The number of amides is 2. The minimum Gasteiger partial charge on any atom is -0.396 e. The molecule has 0 bridgehead atoms. The summed E-state index contributed by atoms with van der Waals surface area (Å²) in [5, 5.41) is 15.2. The molecule has 0 unspecified atom stereocenters. The van der Waals surface area contributed by atoms with Gasteiger partial charge in [0, 0.05) is 24.6 Å². The van der Waals surface area contributed by atoms with Gasteiger partial charge in [0.15, 0.2) is 0 Å². The lowest BCUT2D eigenvalue weighted by Crippen LogP contribution is -2.47. The number of hydrogen-bond donors (Lipinski definition) is 3. The highest BCUT2D eigenvalue weighted by molar-refractivity contribution is 5.74. The van der Waals surface area contributed by atoms with Gasteiger partial charge in [0.25, 0.3) is 0 Å². The van der Waals surface area contributed by atoms with Gasteiger partial charge in [0.05, 0.1) is 0 Å². The van der Waals surface area contributed by atoms with Crippen LogP contribution in [0.1, 0.15) is 45.1 Å². The maximum atomic E-state index is 12.1. The van der Waals surface area contributed by atoms with Gasteiger partial charge in [0.1, 0.15) is 0 Å². The minimum atomic E-state index is -0.0901. The fourth-order valence-electron chi connectivity index (χ4n) is 3.02. The molecule has 1 aromatic carbocycles. The topological polar surface area (TPSA) is 61.4 Å². The molecule has 1 aliphatic carbocycles. The van der Waals surface area contributed by atoms with Gasteiger partial charge in [0.2, 0.25) is 0 Å². The molecule has 22 heavy (non-hydrogen) atoms. The molecule has 122 valence electrons. The van der Waals surface area contributed by atoms with Crippen molar-refractivity contribution in [2.24, 2.45) is 5.92 Å². The standard InChI is InChI=1S/C18H28N2O2/c1-18(2,15-6-4-3-5-7-15)13-19-17(22)20-16-10-8-14(12-21)9-11-16/h3-7,14,16,21H,8-13H2,1-2H3,(H2,19,20,22). The molecule has 1 fully saturated rings. The Balaban J connectivity index is 1.76. The second-order valence-corrected chi connectivity index (χ2v) is 6.98. The number of aliphatic hydroxyl groups is 1. The zero-order chi connectivity index (χ0) is 16.0. The fraction of sp³-hybridized carbons (Fsp3) is 0.611. The van der Waals surface area contributed by atoms with E-state index in [1.165, 1.54) is 5.56 Å². The Kier molecular flexibility index (Phi) is 5.83. The molecule has 4 heteroatoms. The smallest absolute Gasteiger partial charge is 0.315 e. The van der Waals surface area contributed by atoms with E-state index >= 15 is 0 Å². The predicted octanol–water partition coefficient (Wildman–Crippen LogP) is 2.81. The van der Waals surface area contributed by atoms with Crippen molar-refractivity contribution in [3.05, 3.63) is 35.9 Å². The summed E-state index contributed by atoms with van der Waals surface area (Å²) in [6.07, 6.45) is 3.91. The molecular formula is C18H28N2O2. The maximum absolute atomic E-state index is 12.1. The molecule has 4 nitrogen and oxygen atoms in total. The fourth-order valence-corrected chi connectivity index (χ4v) is 3.02. The third kappa shape index (κ3) is 4.73. The van der Waals surface area contributed by atoms with Crippen LogP contribution in [0.3, 0.4) is 0 Å². The Morgan fingerprint density at radius 2 is 1.82 bits per heavy atom. The molecule has 2 amide bonds. The van der Waals surface area contributed by atoms with Gasteiger partial charge in [-0.25, -0.2) is 4.79 Å². The van der Waals surface area contributed by atoms with Crippen LogP contribution in [0.5, 0.6) is 0 Å². The van der Waals surface area contributed by atoms with Crippen molar-refractivity contribution in [1.29, 1.82) is 0 Å². The second kappa shape index (κ2) is 7.63. The van der Waals surface area contributed by atoms with E-state index in [9.17, 15) is 4.79 Å². The molecule has 0 saturated heterocycles. The van der Waals surface area contributed by atoms with Crippen LogP contribution >= 0.6 is 0 Å². The van der Waals surface area contributed by atoms with E-state index in [2.05, 4.69) is 36.6 Å². The van der Waals surface area contributed by atoms with Gasteiger partial charge >= 0.3 is 6.03 Å². The lowest BCUT2D eigenvalue weighted by molar-refractivity contribution is 0.174. The third-order valence-electron chi connectivity index (χ3n) is 4.69. The number of aliphatic hydroxyl groups excluding tert-OH is 1. The van der Waals surface area contributed by atoms with Gasteiger partial charge in [-0.2, -0.15) is 0 Å². The van der Waals surface area contributed by atoms with Gasteiger partial charge in [-0.1, -0.05) is 44.2 Å². The van der Waals surface area contributed by atoms with E-state index in [0.29, 0.717) is 12.5 Å². The third-order valence-corrected chi connectivity index (χ3v) is 4.69. The van der Waals surface area contributed by atoms with Crippen LogP contribution in [-0.4, -0.2) is 30.3 Å². The summed E-state index contributed by atoms with van der Waals surface area (Å²) in [6, 6.07) is 10.4. The molecule has 0 spiro atoms. The maximum Gasteiger partial charge on any atom is 0.315 e. The first-order valence-corrected chi connectivity index (χ1v) is 8.22. The van der Waals surface area contributed by atoms with Crippen molar-refractivity contribution < 1.29 is 9.90 Å². The number of urea groups is 1. The highest BCUT2D eigenvalue weighted by Crippen LogP contribution is 2.24. The lowest BCUT2D eigenvalue weighted by atomic mass is 9.84. The van der Waals surface area contributed by atoms with Crippen LogP contribution in [0.25, 0.3) is 0 Å². The first kappa shape index (κ1) is 16.8. The van der Waals surface area contributed by atoms with E-state index in [4.69, 9.17) is 5.11 Å². The summed E-state index contributed by atoms with van der Waals surface area (Å²) >= 11 is 0. The molecule has 1 saturated carbocycles. The summed E-state index contributed by atoms with van der Waals surface area (Å²) in [5.41, 5.74) is 1.13. The van der Waals surface area contributed by atoms with Gasteiger partial charge in [-0.3, -0.25) is 0 Å². The zero-order valence-corrected chi connectivity index (χ0v) is 13.6. The van der Waals surface area contributed by atoms with Crippen molar-refractivity contribution in [2.75, 3.05) is 13.2 Å². The largest absolute Gasteiger partial charge is 0.396 e. The van der Waals surface area contributed by atoms with Gasteiger partial charge < -0.3 is 15.7 Å². The summed E-state index contributed by atoms with van der Waals surface area (Å²) < 4.78 is 0. The second-order valence-electron chi connectivity index (χ2n) is 6.98. The Labute approximate surface area is 133 Å². The molecule has 2 rings (SSSR count). The summed E-state index contributed by atoms with van der Waals surface area (Å²) in [5.74, 6) is 0.415. The van der Waals surface area contributed by atoms with E-state index in [1.807, 2.05) is 18.2 Å². The number of carbonyl (C=O) groups is 1. The average Bonchev–Trinajstić information content (AvgIpc) is 2.55. The molecule has 1 aliphatic rings. The molecule has 0 aliphatic heterocycles. The number of carbonyl (C=O) groups excluding carboxylic acids is 1. The van der Waals surface area contributed by atoms with Crippen LogP contribution in [0, 0.1) is 5.92 Å². The Bertz CT molecular complexity index is 465. The van der Waals surface area contributed by atoms with Crippen LogP contribution in [0.4, 0.5) is 4.79 Å². The van der Waals surface area contributed by atoms with E-state index in [0.717, 1.165) is 25.7 Å². The Morgan fingerprint density at radius 3 is 2.41 bits per heavy atom. The first-order chi connectivity index (χ1) is 10.5. The van der Waals surface area contributed by atoms with Crippen molar-refractivity contribution in [3.8, 4) is 0 Å². The summed E-state index contributed by atoms with van der Waals surface area (Å²) in [6.45, 7) is 5.14. The number of rotatable bonds is 5. The van der Waals surface area contributed by atoms with Gasteiger partial charge in [-0.05, 0) is 37.2 Å². The quantitative estimate of drug-likeness (QED) is 0.783. The van der Waals surface area contributed by atoms with E-state index in [-0.39, 0.29) is 24.1 Å². The normalized spacial score (nSPS) is 22.1. The molecule has 3 N–H and O–H groups in total. The number of nitrogens with one attached hydrogen (secondary N) is 2. The molecule has 1 aromatic rings. The molecular weight excluding hydrogens is 276 g/mol. The van der Waals surface area contributed by atoms with Crippen molar-refractivity contribution in [2.45, 2.75) is 51.0 Å². The van der Waals surface area contributed by atoms with Crippen molar-refractivity contribution >= 4 is 6.03 Å². The molecule has 0 heterocycles. The van der Waals surface area contributed by atoms with Crippen LogP contribution in [-0.2, 0) is 5.41 Å². The average molecular weight is 304 g/mol. The highest BCUT2D eigenvalue weighted by Gasteiger charge is 2.24. The number of benzene rings is 1. The van der Waals surface area contributed by atoms with Crippen LogP contribution in [0.2, 0.25) is 0 Å². The monoisotopic (exact) mass is 304 g/mol. The molecule has 0 atom stereocenters. The van der Waals surface area contributed by atoms with E-state index < -0.39 is 0 Å². The summed E-state index contributed by atoms with van der Waals surface area (Å²) in [4.78, 5) is 12.1. The highest BCUT2D eigenvalue weighted by atomic mass is 16.3. The van der Waals surface area contributed by atoms with E-state index in [1.54, 1.807) is 0 Å². The Morgan fingerprint density at radius 1 is 1.18 bits per heavy atom. The van der Waals surface area contributed by atoms with Crippen LogP contribution < -0.4 is 10.6 Å². The molecule has 0 aromatic heterocycles. The van der Waals surface area contributed by atoms with Crippen LogP contribution in [0.15, 0.2) is 30.3 Å². The SMILES string of the molecule is CC(C)(CNC(=O)NC1CCC(CO)CC1)c1ccccc1. The van der Waals surface area contributed by atoms with Crippen molar-refractivity contribution in [1.82, 2.24) is 10.6 Å². The zero-order valence-electron chi connectivity index (χ0n) is 13.6. The lowest BCUT2D eigenvalue weighted by Gasteiger charge is -2.29. The van der Waals surface area contributed by atoms with Gasteiger partial charge in [-0.15, -0.1) is 0 Å².